The van der Waals surface area contributed by atoms with Crippen molar-refractivity contribution >= 4 is 49.3 Å². The molecule has 0 amide bonds. The fourth-order valence-corrected chi connectivity index (χ4v) is 15.1. The van der Waals surface area contributed by atoms with Crippen molar-refractivity contribution in [3.63, 3.8) is 0 Å². The summed E-state index contributed by atoms with van der Waals surface area (Å²) >= 11 is 0. The zero-order chi connectivity index (χ0) is 79.4. The zero-order valence-corrected chi connectivity index (χ0v) is 62.2. The highest BCUT2D eigenvalue weighted by atomic mass is 19.4. The highest BCUT2D eigenvalue weighted by Gasteiger charge is 2.33. The van der Waals surface area contributed by atoms with E-state index in [0.29, 0.717) is 120 Å². The Bertz CT molecular complexity index is 6420. The third kappa shape index (κ3) is 13.2. The fraction of sp³-hybridized carbons (Fsp3) is 0.0101. The van der Waals surface area contributed by atoms with E-state index >= 15 is 13.2 Å². The van der Waals surface area contributed by atoms with Gasteiger partial charge in [-0.15, -0.1) is 0 Å². The molecule has 6 heterocycles. The Kier molecular flexibility index (Phi) is 17.7. The highest BCUT2D eigenvalue weighted by Crippen LogP contribution is 2.46. The van der Waals surface area contributed by atoms with Crippen LogP contribution >= 0.6 is 0 Å². The minimum Gasteiger partial charge on any atom is -0.308 e. The van der Waals surface area contributed by atoms with Gasteiger partial charge < -0.3 is 9.13 Å². The number of halogens is 3. The van der Waals surface area contributed by atoms with E-state index in [1.165, 1.54) is 6.07 Å². The second-order valence-electron chi connectivity index (χ2n) is 28.1. The Morgan fingerprint density at radius 2 is 0.475 bits per heavy atom. The second-order valence-corrected chi connectivity index (χ2v) is 28.1. The smallest absolute Gasteiger partial charge is 0.308 e. The van der Waals surface area contributed by atoms with Crippen LogP contribution in [0, 0.1) is 17.9 Å². The van der Waals surface area contributed by atoms with Crippen LogP contribution in [-0.2, 0) is 6.18 Å². The SMILES string of the molecule is [C-]#[N+]c1cc(C(F)(F)F)ccc1-c1cc(-n2c3cc(-c4nc(-c5ccccc5)nc(-c5ccccc5)n4)ccc3c3ccc(-c4nc(-c5ccccc5)nc(-c5ccccc5)n4)cc32)c(C#N)c(-n2c3cc(-c4nc(-c5ccccc5)nc(-c5ccccc5)n4)ccc3c3ccc(-c4nc(-c5ccccc5)nc(-c5ccccc5)n4)cc32)c1. The van der Waals surface area contributed by atoms with Gasteiger partial charge in [0.2, 0.25) is 0 Å². The molecule has 0 atom stereocenters. The van der Waals surface area contributed by atoms with Crippen LogP contribution in [0.3, 0.4) is 0 Å². The number of hydrogen-bond acceptors (Lipinski definition) is 13. The van der Waals surface area contributed by atoms with Gasteiger partial charge in [-0.25, -0.2) is 64.7 Å². The van der Waals surface area contributed by atoms with Gasteiger partial charge in [0, 0.05) is 93.9 Å². The van der Waals surface area contributed by atoms with Gasteiger partial charge >= 0.3 is 6.18 Å². The van der Waals surface area contributed by atoms with Crippen LogP contribution in [0.4, 0.5) is 18.9 Å². The molecule has 0 saturated heterocycles. The molecule has 554 valence electrons. The zero-order valence-electron chi connectivity index (χ0n) is 62.2. The predicted octanol–water partition coefficient (Wildman–Crippen LogP) is 23.7. The lowest BCUT2D eigenvalue weighted by Gasteiger charge is -2.20. The number of fused-ring (bicyclic) bond motifs is 6. The molecule has 20 aromatic rings. The molecular weight excluding hydrogens is 1470 g/mol. The summed E-state index contributed by atoms with van der Waals surface area (Å²) in [5.41, 5.74) is 10.4. The number of nitriles is 1. The first-order chi connectivity index (χ1) is 58.0. The van der Waals surface area contributed by atoms with Crippen molar-refractivity contribution in [3.05, 3.63) is 368 Å². The summed E-state index contributed by atoms with van der Waals surface area (Å²) in [5, 5.41) is 15.8. The van der Waals surface area contributed by atoms with E-state index in [1.54, 1.807) is 12.1 Å². The molecule has 16 nitrogen and oxygen atoms in total. The van der Waals surface area contributed by atoms with E-state index in [4.69, 9.17) is 66.4 Å². The first kappa shape index (κ1) is 70.6. The predicted molar refractivity (Wildman–Crippen MR) is 455 cm³/mol. The van der Waals surface area contributed by atoms with E-state index in [9.17, 15) is 5.26 Å². The van der Waals surface area contributed by atoms with Crippen molar-refractivity contribution in [2.45, 2.75) is 6.18 Å². The molecule has 0 spiro atoms. The first-order valence-corrected chi connectivity index (χ1v) is 37.8. The molecular formula is C99H57F3N16. The van der Waals surface area contributed by atoms with Crippen LogP contribution in [0.2, 0.25) is 0 Å². The van der Waals surface area contributed by atoms with Gasteiger partial charge in [0.05, 0.1) is 40.0 Å². The number of aromatic nitrogens is 14. The lowest BCUT2D eigenvalue weighted by molar-refractivity contribution is -0.137. The van der Waals surface area contributed by atoms with Gasteiger partial charge in [-0.05, 0) is 53.6 Å². The monoisotopic (exact) mass is 1530 g/mol. The summed E-state index contributed by atoms with van der Waals surface area (Å²) in [6.45, 7) is 8.74. The summed E-state index contributed by atoms with van der Waals surface area (Å²) in [7, 11) is 0. The maximum absolute atomic E-state index is 15.1. The minimum atomic E-state index is -4.81. The van der Waals surface area contributed by atoms with E-state index in [2.05, 4.69) is 10.9 Å². The van der Waals surface area contributed by atoms with Crippen molar-refractivity contribution in [2.24, 2.45) is 0 Å². The lowest BCUT2D eigenvalue weighted by Crippen LogP contribution is -2.07. The summed E-state index contributed by atoms with van der Waals surface area (Å²) in [5.74, 6) is 4.79. The molecule has 0 radical (unpaired) electrons. The Morgan fingerprint density at radius 3 is 0.678 bits per heavy atom. The number of alkyl halides is 3. The molecule has 6 aromatic heterocycles. The van der Waals surface area contributed by atoms with Gasteiger partial charge in [-0.2, -0.15) is 18.4 Å². The third-order valence-electron chi connectivity index (χ3n) is 20.8. The number of hydrogen-bond donors (Lipinski definition) is 0. The van der Waals surface area contributed by atoms with Crippen LogP contribution in [0.1, 0.15) is 11.1 Å². The van der Waals surface area contributed by atoms with E-state index in [1.807, 2.05) is 325 Å². The molecule has 0 aliphatic heterocycles. The molecule has 0 saturated carbocycles. The Balaban J connectivity index is 0.911. The minimum absolute atomic E-state index is 0.107. The highest BCUT2D eigenvalue weighted by molar-refractivity contribution is 6.13. The van der Waals surface area contributed by atoms with E-state index < -0.39 is 11.7 Å². The normalized spacial score (nSPS) is 11.5. The summed E-state index contributed by atoms with van der Waals surface area (Å²) in [4.78, 5) is 65.8. The molecule has 0 bridgehead atoms. The van der Waals surface area contributed by atoms with Crippen molar-refractivity contribution in [3.8, 4) is 165 Å². The van der Waals surface area contributed by atoms with Gasteiger partial charge in [0.25, 0.3) is 0 Å². The van der Waals surface area contributed by atoms with Crippen molar-refractivity contribution < 1.29 is 13.2 Å². The van der Waals surface area contributed by atoms with Gasteiger partial charge in [-0.1, -0.05) is 303 Å². The molecule has 0 unspecified atom stereocenters. The maximum Gasteiger partial charge on any atom is 0.415 e. The van der Waals surface area contributed by atoms with Gasteiger partial charge in [0.1, 0.15) is 11.6 Å². The topological polar surface area (TPSA) is 193 Å². The Labute approximate surface area is 672 Å². The first-order valence-electron chi connectivity index (χ1n) is 37.8. The molecule has 0 aliphatic carbocycles. The van der Waals surface area contributed by atoms with Gasteiger partial charge in [0.15, 0.2) is 75.6 Å². The summed E-state index contributed by atoms with van der Waals surface area (Å²) < 4.78 is 49.4. The molecule has 118 heavy (non-hydrogen) atoms. The average molecular weight is 1530 g/mol. The third-order valence-corrected chi connectivity index (χ3v) is 20.8. The van der Waals surface area contributed by atoms with Crippen molar-refractivity contribution in [1.29, 1.82) is 5.26 Å². The molecule has 19 heteroatoms. The molecule has 0 fully saturated rings. The Hall–Kier alpha value is -16.5. The van der Waals surface area contributed by atoms with E-state index in [0.717, 1.165) is 78.2 Å². The molecule has 0 N–H and O–H groups in total. The molecule has 14 aromatic carbocycles. The second kappa shape index (κ2) is 29.5. The fourth-order valence-electron chi connectivity index (χ4n) is 15.1. The van der Waals surface area contributed by atoms with Crippen LogP contribution < -0.4 is 0 Å². The van der Waals surface area contributed by atoms with Crippen LogP contribution in [0.25, 0.3) is 208 Å². The van der Waals surface area contributed by atoms with Crippen molar-refractivity contribution in [2.75, 3.05) is 0 Å². The van der Waals surface area contributed by atoms with Crippen LogP contribution in [0.5, 0.6) is 0 Å². The van der Waals surface area contributed by atoms with Crippen LogP contribution in [0.15, 0.2) is 346 Å². The number of benzene rings is 14. The van der Waals surface area contributed by atoms with E-state index in [-0.39, 0.29) is 28.2 Å². The molecule has 20 rings (SSSR count). The lowest BCUT2D eigenvalue weighted by atomic mass is 9.97. The quantitative estimate of drug-likeness (QED) is 0.0881. The van der Waals surface area contributed by atoms with Crippen LogP contribution in [-0.4, -0.2) is 68.9 Å². The summed E-state index contributed by atoms with van der Waals surface area (Å²) in [6, 6.07) is 111. The average Bonchev–Trinajstić information content (AvgIpc) is 1.56. The number of nitrogens with zero attached hydrogens (tertiary/aromatic N) is 16. The number of rotatable bonds is 15. The van der Waals surface area contributed by atoms with Crippen molar-refractivity contribution in [1.82, 2.24) is 68.9 Å². The Morgan fingerprint density at radius 1 is 0.254 bits per heavy atom. The van der Waals surface area contributed by atoms with Gasteiger partial charge in [-0.3, -0.25) is 0 Å². The summed E-state index contributed by atoms with van der Waals surface area (Å²) in [6.07, 6.45) is -4.81. The maximum atomic E-state index is 15.1. The largest absolute Gasteiger partial charge is 0.415 e. The standard InChI is InChI=1S/C99H57F3N16/c1-104-80-58-73(99(100,101)102)46-51-74(80)72-56-85(117-81-52-68(95-109-87(60-26-10-2-11-27-60)105-88(110-95)61-28-12-3-13-29-61)42-47-75(81)76-48-43-69(53-82(76)117)96-111-89(62-30-14-4-15-31-62)106-90(112-96)63-32-16-5-17-33-63)79(59-103)86(57-72)118-83-54-70(97-113-91(64-34-18-6-19-35-64)107-92(114-97)65-36-20-7-21-37-65)44-49-77(83)78-50-45-71(55-84(78)118)98-115-93(66-38-22-8-23-39-66)108-94(116-98)67-40-24-9-25-41-67/h2-58H. The molecule has 0 aliphatic rings.